The molecule has 26 heavy (non-hydrogen) atoms. The summed E-state index contributed by atoms with van der Waals surface area (Å²) in [5.41, 5.74) is 1.61. The van der Waals surface area contributed by atoms with Crippen molar-refractivity contribution in [2.24, 2.45) is 11.8 Å². The predicted octanol–water partition coefficient (Wildman–Crippen LogP) is 7.10. The van der Waals surface area contributed by atoms with Gasteiger partial charge >= 0.3 is 5.97 Å². The molecule has 0 fully saturated rings. The van der Waals surface area contributed by atoms with E-state index in [1.807, 2.05) is 30.3 Å². The first-order valence-corrected chi connectivity index (χ1v) is 10.7. The van der Waals surface area contributed by atoms with E-state index in [1.165, 1.54) is 57.8 Å². The Balaban J connectivity index is 1.84. The summed E-state index contributed by atoms with van der Waals surface area (Å²) in [6.07, 6.45) is 15.5. The first-order valence-electron chi connectivity index (χ1n) is 10.7. The predicted molar refractivity (Wildman–Crippen MR) is 109 cm³/mol. The molecule has 2 unspecified atom stereocenters. The summed E-state index contributed by atoms with van der Waals surface area (Å²) in [7, 11) is 0. The zero-order valence-corrected chi connectivity index (χ0v) is 16.7. The van der Waals surface area contributed by atoms with Crippen molar-refractivity contribution in [3.8, 4) is 5.75 Å². The van der Waals surface area contributed by atoms with E-state index in [2.05, 4.69) is 19.9 Å². The van der Waals surface area contributed by atoms with E-state index in [4.69, 9.17) is 4.74 Å². The number of benzene rings is 1. The second-order valence-corrected chi connectivity index (χ2v) is 7.73. The monoisotopic (exact) mass is 356 g/mol. The first-order chi connectivity index (χ1) is 12.7. The molecule has 0 N–H and O–H groups in total. The molecule has 0 aromatic heterocycles. The summed E-state index contributed by atoms with van der Waals surface area (Å²) in [6, 6.07) is 9.41. The lowest BCUT2D eigenvalue weighted by molar-refractivity contribution is -0.134. The first kappa shape index (κ1) is 20.7. The number of hydrogen-bond donors (Lipinski definition) is 0. The van der Waals surface area contributed by atoms with Crippen LogP contribution in [0.5, 0.6) is 5.75 Å². The molecule has 1 aromatic rings. The van der Waals surface area contributed by atoms with Gasteiger partial charge in [-0.15, -0.1) is 0 Å². The molecule has 1 aliphatic carbocycles. The van der Waals surface area contributed by atoms with Crippen molar-refractivity contribution in [3.05, 3.63) is 42.0 Å². The average molecular weight is 357 g/mol. The Labute approximate surface area is 160 Å². The molecule has 2 nitrogen and oxygen atoms in total. The Hall–Kier alpha value is -1.57. The van der Waals surface area contributed by atoms with Gasteiger partial charge in [0.05, 0.1) is 0 Å². The molecule has 0 radical (unpaired) electrons. The number of ether oxygens (including phenoxy) is 1. The van der Waals surface area contributed by atoms with Crippen LogP contribution in [0.15, 0.2) is 42.0 Å². The average Bonchev–Trinajstić information content (AvgIpc) is 2.68. The highest BCUT2D eigenvalue weighted by Gasteiger charge is 2.21. The Morgan fingerprint density at radius 2 is 1.88 bits per heavy atom. The maximum absolute atomic E-state index is 12.2. The molecule has 0 saturated carbocycles. The van der Waals surface area contributed by atoms with Crippen LogP contribution in [0.4, 0.5) is 0 Å². The van der Waals surface area contributed by atoms with Gasteiger partial charge in [0.15, 0.2) is 0 Å². The van der Waals surface area contributed by atoms with Gasteiger partial charge in [0.1, 0.15) is 5.75 Å². The topological polar surface area (TPSA) is 26.3 Å². The fourth-order valence-electron chi connectivity index (χ4n) is 3.96. The number of esters is 1. The third-order valence-electron chi connectivity index (χ3n) is 5.62. The Bertz CT molecular complexity index is 547. The van der Waals surface area contributed by atoms with Crippen molar-refractivity contribution in [2.75, 3.05) is 0 Å². The highest BCUT2D eigenvalue weighted by atomic mass is 16.5. The van der Waals surface area contributed by atoms with Crippen molar-refractivity contribution in [1.82, 2.24) is 0 Å². The molecular weight excluding hydrogens is 320 g/mol. The van der Waals surface area contributed by atoms with Gasteiger partial charge < -0.3 is 4.74 Å². The van der Waals surface area contributed by atoms with Crippen molar-refractivity contribution < 1.29 is 9.53 Å². The van der Waals surface area contributed by atoms with Gasteiger partial charge in [-0.25, -0.2) is 0 Å². The molecule has 0 aliphatic heterocycles. The number of hydrogen-bond acceptors (Lipinski definition) is 2. The van der Waals surface area contributed by atoms with Crippen LogP contribution >= 0.6 is 0 Å². The quantitative estimate of drug-likeness (QED) is 0.240. The van der Waals surface area contributed by atoms with Crippen molar-refractivity contribution >= 4 is 5.97 Å². The molecule has 0 bridgehead atoms. The second-order valence-electron chi connectivity index (χ2n) is 7.73. The van der Waals surface area contributed by atoms with Crippen LogP contribution in [0.1, 0.15) is 84.5 Å². The molecule has 0 heterocycles. The Morgan fingerprint density at radius 1 is 1.12 bits per heavy atom. The maximum Gasteiger partial charge on any atom is 0.311 e. The maximum atomic E-state index is 12.2. The molecule has 0 spiro atoms. The molecule has 2 atom stereocenters. The minimum absolute atomic E-state index is 0.102. The summed E-state index contributed by atoms with van der Waals surface area (Å²) in [4.78, 5) is 12.2. The normalized spacial score (nSPS) is 18.2. The van der Waals surface area contributed by atoms with Crippen molar-refractivity contribution in [1.29, 1.82) is 0 Å². The molecule has 0 saturated heterocycles. The van der Waals surface area contributed by atoms with Crippen LogP contribution in [-0.2, 0) is 4.79 Å². The van der Waals surface area contributed by atoms with Gasteiger partial charge in [0.25, 0.3) is 0 Å². The highest BCUT2D eigenvalue weighted by molar-refractivity contribution is 5.72. The largest absolute Gasteiger partial charge is 0.427 e. The lowest BCUT2D eigenvalue weighted by Crippen LogP contribution is -2.15. The fourth-order valence-corrected chi connectivity index (χ4v) is 3.96. The van der Waals surface area contributed by atoms with Gasteiger partial charge in [-0.1, -0.05) is 75.8 Å². The third-order valence-corrected chi connectivity index (χ3v) is 5.62. The van der Waals surface area contributed by atoms with Gasteiger partial charge in [0.2, 0.25) is 0 Å². The van der Waals surface area contributed by atoms with E-state index in [-0.39, 0.29) is 5.97 Å². The minimum Gasteiger partial charge on any atom is -0.427 e. The van der Waals surface area contributed by atoms with E-state index in [0.717, 1.165) is 12.3 Å². The van der Waals surface area contributed by atoms with Gasteiger partial charge in [-0.05, 0) is 56.1 Å². The van der Waals surface area contributed by atoms with Gasteiger partial charge in [-0.3, -0.25) is 4.79 Å². The van der Waals surface area contributed by atoms with Crippen molar-refractivity contribution in [3.63, 3.8) is 0 Å². The zero-order chi connectivity index (χ0) is 18.6. The summed E-state index contributed by atoms with van der Waals surface area (Å²) < 4.78 is 5.46. The van der Waals surface area contributed by atoms with Crippen LogP contribution in [0.2, 0.25) is 0 Å². The summed E-state index contributed by atoms with van der Waals surface area (Å²) in [6.45, 7) is 4.52. The molecule has 144 valence electrons. The van der Waals surface area contributed by atoms with Crippen LogP contribution in [0.3, 0.4) is 0 Å². The smallest absolute Gasteiger partial charge is 0.311 e. The molecule has 1 aliphatic rings. The van der Waals surface area contributed by atoms with Crippen LogP contribution < -0.4 is 4.74 Å². The summed E-state index contributed by atoms with van der Waals surface area (Å²) in [5.74, 6) is 1.99. The molecule has 2 rings (SSSR count). The SMILES string of the molecule is CCCCC1CC=C(C(CCCC)CCC(=O)Oc2ccccc2)CC1. The standard InChI is InChI=1S/C24H36O2/c1-3-5-10-20-14-16-22(17-15-20)21(11-6-4-2)18-19-24(25)26-23-12-8-7-9-13-23/h7-9,12-13,16,20-21H,3-6,10-11,14-15,17-19H2,1-2H3. The van der Waals surface area contributed by atoms with Crippen molar-refractivity contribution in [2.45, 2.75) is 84.5 Å². The minimum atomic E-state index is -0.102. The number of allylic oxidation sites excluding steroid dienone is 2. The Morgan fingerprint density at radius 3 is 2.54 bits per heavy atom. The second kappa shape index (κ2) is 11.9. The number of unbranched alkanes of at least 4 members (excludes halogenated alkanes) is 2. The number of carbonyl (C=O) groups is 1. The molecular formula is C24H36O2. The third kappa shape index (κ3) is 7.35. The van der Waals surface area contributed by atoms with E-state index < -0.39 is 0 Å². The highest BCUT2D eigenvalue weighted by Crippen LogP contribution is 2.35. The number of para-hydroxylation sites is 1. The van der Waals surface area contributed by atoms with E-state index >= 15 is 0 Å². The van der Waals surface area contributed by atoms with E-state index in [9.17, 15) is 4.79 Å². The van der Waals surface area contributed by atoms with Gasteiger partial charge in [0, 0.05) is 6.42 Å². The van der Waals surface area contributed by atoms with Gasteiger partial charge in [-0.2, -0.15) is 0 Å². The molecule has 2 heteroatoms. The summed E-state index contributed by atoms with van der Waals surface area (Å²) in [5, 5.41) is 0. The molecule has 1 aromatic carbocycles. The summed E-state index contributed by atoms with van der Waals surface area (Å²) >= 11 is 0. The zero-order valence-electron chi connectivity index (χ0n) is 16.7. The van der Waals surface area contributed by atoms with E-state index in [0.29, 0.717) is 18.1 Å². The number of carbonyl (C=O) groups excluding carboxylic acids is 1. The Kier molecular flexibility index (Phi) is 9.52. The lowest BCUT2D eigenvalue weighted by atomic mass is 9.79. The molecule has 0 amide bonds. The van der Waals surface area contributed by atoms with Crippen LogP contribution in [0, 0.1) is 11.8 Å². The van der Waals surface area contributed by atoms with E-state index in [1.54, 1.807) is 5.57 Å². The lowest BCUT2D eigenvalue weighted by Gasteiger charge is -2.27. The fraction of sp³-hybridized carbons (Fsp3) is 0.625. The van der Waals surface area contributed by atoms with Crippen LogP contribution in [0.25, 0.3) is 0 Å². The number of rotatable bonds is 11. The van der Waals surface area contributed by atoms with Crippen LogP contribution in [-0.4, -0.2) is 5.97 Å².